The van der Waals surface area contributed by atoms with E-state index in [9.17, 15) is 0 Å². The summed E-state index contributed by atoms with van der Waals surface area (Å²) in [5.74, 6) is 1.80. The van der Waals surface area contributed by atoms with E-state index < -0.39 is 0 Å². The molecule has 0 aliphatic rings. The Balaban J connectivity index is 1.65. The van der Waals surface area contributed by atoms with Crippen molar-refractivity contribution in [2.24, 2.45) is 0 Å². The van der Waals surface area contributed by atoms with Gasteiger partial charge in [-0.05, 0) is 67.3 Å². The van der Waals surface area contributed by atoms with Crippen LogP contribution in [0.1, 0.15) is 36.2 Å². The fraction of sp³-hybridized carbons (Fsp3) is 0.316. The zero-order chi connectivity index (χ0) is 16.8. The standard InChI is InChI=1S/C19H21N3S2/c1-14-15(7-3-2-6-12-23)10-11-20-19(14)24-13-18-21-16-8-4-5-9-17(16)22-18/h4-5,8-12H,2-3,6-7,13H2,1H3,(H,21,22). The summed E-state index contributed by atoms with van der Waals surface area (Å²) in [5, 5.41) is 2.93. The molecule has 0 aliphatic heterocycles. The van der Waals surface area contributed by atoms with Crippen LogP contribution in [-0.4, -0.2) is 20.3 Å². The molecule has 0 fully saturated rings. The number of thiocarbonyl (C=S) groups is 1. The highest BCUT2D eigenvalue weighted by atomic mass is 32.2. The Morgan fingerprint density at radius 2 is 2.08 bits per heavy atom. The third-order valence-electron chi connectivity index (χ3n) is 4.07. The smallest absolute Gasteiger partial charge is 0.117 e. The molecule has 24 heavy (non-hydrogen) atoms. The van der Waals surface area contributed by atoms with Gasteiger partial charge in [-0.2, -0.15) is 0 Å². The van der Waals surface area contributed by atoms with Crippen LogP contribution in [-0.2, 0) is 12.2 Å². The number of aromatic nitrogens is 3. The van der Waals surface area contributed by atoms with Crippen molar-refractivity contribution in [2.75, 3.05) is 0 Å². The number of pyridine rings is 1. The summed E-state index contributed by atoms with van der Waals surface area (Å²) >= 11 is 6.63. The van der Waals surface area contributed by atoms with Crippen molar-refractivity contribution in [2.45, 2.75) is 43.4 Å². The molecular weight excluding hydrogens is 334 g/mol. The molecule has 1 aromatic carbocycles. The Labute approximate surface area is 152 Å². The average molecular weight is 356 g/mol. The molecule has 0 amide bonds. The number of nitrogens with one attached hydrogen (secondary N) is 1. The van der Waals surface area contributed by atoms with Crippen LogP contribution in [0.3, 0.4) is 0 Å². The van der Waals surface area contributed by atoms with Crippen molar-refractivity contribution >= 4 is 40.4 Å². The molecule has 3 rings (SSSR count). The Bertz CT molecular complexity index is 793. The second-order valence-corrected chi connectivity index (χ2v) is 7.10. The Morgan fingerprint density at radius 3 is 2.92 bits per heavy atom. The highest BCUT2D eigenvalue weighted by molar-refractivity contribution is 7.98. The van der Waals surface area contributed by atoms with Gasteiger partial charge in [-0.1, -0.05) is 36.1 Å². The van der Waals surface area contributed by atoms with Crippen LogP contribution < -0.4 is 0 Å². The van der Waals surface area contributed by atoms with E-state index >= 15 is 0 Å². The van der Waals surface area contributed by atoms with Gasteiger partial charge in [-0.3, -0.25) is 0 Å². The molecule has 0 bridgehead atoms. The van der Waals surface area contributed by atoms with E-state index in [4.69, 9.17) is 12.2 Å². The summed E-state index contributed by atoms with van der Waals surface area (Å²) in [6.45, 7) is 2.17. The van der Waals surface area contributed by atoms with Crippen molar-refractivity contribution in [3.63, 3.8) is 0 Å². The number of hydrogen-bond donors (Lipinski definition) is 1. The highest BCUT2D eigenvalue weighted by Crippen LogP contribution is 2.26. The van der Waals surface area contributed by atoms with Crippen LogP contribution in [0.25, 0.3) is 11.0 Å². The molecule has 0 aliphatic carbocycles. The zero-order valence-corrected chi connectivity index (χ0v) is 15.4. The van der Waals surface area contributed by atoms with Gasteiger partial charge < -0.3 is 4.98 Å². The van der Waals surface area contributed by atoms with Crippen LogP contribution >= 0.6 is 24.0 Å². The molecule has 0 saturated carbocycles. The molecule has 0 radical (unpaired) electrons. The maximum atomic E-state index is 4.89. The minimum Gasteiger partial charge on any atom is -0.341 e. The van der Waals surface area contributed by atoms with E-state index in [0.717, 1.165) is 46.9 Å². The lowest BCUT2D eigenvalue weighted by Gasteiger charge is -2.09. The van der Waals surface area contributed by atoms with E-state index in [0.29, 0.717) is 0 Å². The van der Waals surface area contributed by atoms with Crippen molar-refractivity contribution in [1.29, 1.82) is 0 Å². The molecule has 1 N–H and O–H groups in total. The number of thioether (sulfide) groups is 1. The maximum Gasteiger partial charge on any atom is 0.117 e. The first kappa shape index (κ1) is 17.1. The van der Waals surface area contributed by atoms with Gasteiger partial charge in [0.25, 0.3) is 0 Å². The quantitative estimate of drug-likeness (QED) is 0.339. The zero-order valence-electron chi connectivity index (χ0n) is 13.8. The average Bonchev–Trinajstić information content (AvgIpc) is 3.02. The fourth-order valence-corrected chi connectivity index (χ4v) is 3.78. The Morgan fingerprint density at radius 1 is 1.21 bits per heavy atom. The second kappa shape index (κ2) is 8.40. The summed E-state index contributed by atoms with van der Waals surface area (Å²) in [7, 11) is 0. The number of fused-ring (bicyclic) bond motifs is 1. The van der Waals surface area contributed by atoms with Crippen molar-refractivity contribution in [3.05, 3.63) is 53.5 Å². The van der Waals surface area contributed by atoms with Crippen molar-refractivity contribution < 1.29 is 0 Å². The van der Waals surface area contributed by atoms with Gasteiger partial charge in [-0.25, -0.2) is 9.97 Å². The molecule has 2 aromatic heterocycles. The van der Waals surface area contributed by atoms with E-state index in [2.05, 4.69) is 34.0 Å². The molecule has 0 unspecified atom stereocenters. The van der Waals surface area contributed by atoms with E-state index in [-0.39, 0.29) is 0 Å². The molecule has 3 aromatic rings. The molecule has 0 saturated heterocycles. The van der Waals surface area contributed by atoms with E-state index in [1.165, 1.54) is 17.5 Å². The number of aryl methyl sites for hydroxylation is 1. The number of nitrogens with zero attached hydrogens (tertiary/aromatic N) is 2. The van der Waals surface area contributed by atoms with Gasteiger partial charge in [0.05, 0.1) is 21.8 Å². The van der Waals surface area contributed by atoms with Crippen LogP contribution in [0.2, 0.25) is 0 Å². The number of imidazole rings is 1. The molecule has 5 heteroatoms. The molecule has 2 heterocycles. The third kappa shape index (κ3) is 4.22. The third-order valence-corrected chi connectivity index (χ3v) is 5.41. The van der Waals surface area contributed by atoms with E-state index in [1.54, 1.807) is 11.8 Å². The van der Waals surface area contributed by atoms with Gasteiger partial charge in [0.2, 0.25) is 0 Å². The molecule has 0 spiro atoms. The predicted molar refractivity (Wildman–Crippen MR) is 106 cm³/mol. The lowest BCUT2D eigenvalue weighted by atomic mass is 10.0. The fourth-order valence-electron chi connectivity index (χ4n) is 2.72. The molecule has 124 valence electrons. The van der Waals surface area contributed by atoms with Gasteiger partial charge >= 0.3 is 0 Å². The highest BCUT2D eigenvalue weighted by Gasteiger charge is 2.08. The summed E-state index contributed by atoms with van der Waals surface area (Å²) < 4.78 is 0. The number of hydrogen-bond acceptors (Lipinski definition) is 4. The number of benzene rings is 1. The van der Waals surface area contributed by atoms with Crippen LogP contribution in [0.4, 0.5) is 0 Å². The lowest BCUT2D eigenvalue weighted by Crippen LogP contribution is -1.95. The van der Waals surface area contributed by atoms with Crippen LogP contribution in [0.15, 0.2) is 41.6 Å². The van der Waals surface area contributed by atoms with Gasteiger partial charge in [0.1, 0.15) is 5.82 Å². The Kier molecular flexibility index (Phi) is 5.99. The minimum atomic E-state index is 0.802. The summed E-state index contributed by atoms with van der Waals surface area (Å²) in [4.78, 5) is 12.6. The summed E-state index contributed by atoms with van der Waals surface area (Å²) in [5.41, 5.74) is 4.79. The lowest BCUT2D eigenvalue weighted by molar-refractivity contribution is 0.760. The monoisotopic (exact) mass is 355 g/mol. The first-order chi connectivity index (χ1) is 11.8. The molecular formula is C19H21N3S2. The number of para-hydroxylation sites is 2. The van der Waals surface area contributed by atoms with Crippen LogP contribution in [0.5, 0.6) is 0 Å². The van der Waals surface area contributed by atoms with Gasteiger partial charge in [0.15, 0.2) is 0 Å². The molecule has 0 atom stereocenters. The normalized spacial score (nSPS) is 11.0. The first-order valence-corrected chi connectivity index (χ1v) is 9.68. The number of unbranched alkanes of at least 4 members (excludes halogenated alkanes) is 2. The van der Waals surface area contributed by atoms with Crippen molar-refractivity contribution in [1.82, 2.24) is 15.0 Å². The predicted octanol–water partition coefficient (Wildman–Crippen LogP) is 5.27. The SMILES string of the molecule is Cc1c(CCCCC=S)ccnc1SCc1nc2ccccc2[nH]1. The van der Waals surface area contributed by atoms with Gasteiger partial charge in [-0.15, -0.1) is 0 Å². The Hall–Kier alpha value is -1.72. The van der Waals surface area contributed by atoms with Crippen molar-refractivity contribution in [3.8, 4) is 0 Å². The molecule has 3 nitrogen and oxygen atoms in total. The number of H-pyrrole nitrogens is 1. The first-order valence-electron chi connectivity index (χ1n) is 8.22. The van der Waals surface area contributed by atoms with Gasteiger partial charge in [0, 0.05) is 6.20 Å². The minimum absolute atomic E-state index is 0.802. The number of rotatable bonds is 8. The van der Waals surface area contributed by atoms with Crippen LogP contribution in [0, 0.1) is 6.92 Å². The second-order valence-electron chi connectivity index (χ2n) is 5.80. The summed E-state index contributed by atoms with van der Waals surface area (Å²) in [6, 6.07) is 10.3. The summed E-state index contributed by atoms with van der Waals surface area (Å²) in [6.07, 6.45) is 6.36. The topological polar surface area (TPSA) is 41.6 Å². The van der Waals surface area contributed by atoms with E-state index in [1.807, 2.05) is 29.8 Å². The maximum absolute atomic E-state index is 4.89. The largest absolute Gasteiger partial charge is 0.341 e. The number of aromatic amines is 1.